The first kappa shape index (κ1) is 14.1. The molecule has 1 N–H and O–H groups in total. The van der Waals surface area contributed by atoms with Crippen LogP contribution in [0.4, 0.5) is 0 Å². The number of hydrogen-bond donors (Lipinski definition) is 1. The number of hydrogen-bond acceptors (Lipinski definition) is 4. The molecule has 0 atom stereocenters. The molecule has 2 aromatic carbocycles. The molecule has 2 aromatic rings. The lowest BCUT2D eigenvalue weighted by Crippen LogP contribution is -1.98. The molecule has 0 saturated carbocycles. The summed E-state index contributed by atoms with van der Waals surface area (Å²) in [4.78, 5) is 10.9. The van der Waals surface area contributed by atoms with E-state index in [4.69, 9.17) is 20.4 Å². The lowest BCUT2D eigenvalue weighted by Gasteiger charge is -2.10. The van der Waals surface area contributed by atoms with Crippen LogP contribution >= 0.6 is 0 Å². The van der Waals surface area contributed by atoms with Crippen molar-refractivity contribution in [1.82, 2.24) is 0 Å². The minimum Gasteiger partial charge on any atom is -0.478 e. The fourth-order valence-electron chi connectivity index (χ4n) is 1.74. The van der Waals surface area contributed by atoms with E-state index in [0.717, 1.165) is 5.56 Å². The molecule has 102 valence electrons. The number of rotatable bonds is 3. The number of carboxylic acids is 1. The standard InChI is InChI=1S/C16H10N2O3/c1-10-2-3-11(8-17)6-15(10)21-14-5-4-12(16(19)20)7-13(14)9-18/h2-7H,1H3,(H,19,20). The number of aromatic carboxylic acids is 1. The predicted octanol–water partition coefficient (Wildman–Crippen LogP) is 3.23. The third-order valence-electron chi connectivity index (χ3n) is 2.88. The minimum absolute atomic E-state index is 0.0152. The molecule has 5 nitrogen and oxygen atoms in total. The Morgan fingerprint density at radius 2 is 1.86 bits per heavy atom. The maximum Gasteiger partial charge on any atom is 0.335 e. The average molecular weight is 278 g/mol. The Kier molecular flexibility index (Phi) is 3.87. The molecular weight excluding hydrogens is 268 g/mol. The number of ether oxygens (including phenoxy) is 1. The van der Waals surface area contributed by atoms with Gasteiger partial charge in [-0.3, -0.25) is 0 Å². The van der Waals surface area contributed by atoms with Gasteiger partial charge in [-0.25, -0.2) is 4.79 Å². The third kappa shape index (κ3) is 2.99. The summed E-state index contributed by atoms with van der Waals surface area (Å²) < 4.78 is 5.64. The summed E-state index contributed by atoms with van der Waals surface area (Å²) in [5, 5.41) is 26.9. The van der Waals surface area contributed by atoms with E-state index in [1.165, 1.54) is 18.2 Å². The highest BCUT2D eigenvalue weighted by atomic mass is 16.5. The van der Waals surface area contributed by atoms with Gasteiger partial charge in [0, 0.05) is 0 Å². The van der Waals surface area contributed by atoms with Crippen LogP contribution in [-0.4, -0.2) is 11.1 Å². The van der Waals surface area contributed by atoms with E-state index in [2.05, 4.69) is 0 Å². The summed E-state index contributed by atoms with van der Waals surface area (Å²) in [6, 6.07) is 12.9. The summed E-state index contributed by atoms with van der Waals surface area (Å²) in [5.41, 5.74) is 1.38. The number of aryl methyl sites for hydroxylation is 1. The summed E-state index contributed by atoms with van der Waals surface area (Å²) >= 11 is 0. The van der Waals surface area contributed by atoms with E-state index < -0.39 is 5.97 Å². The second-order valence-corrected chi connectivity index (χ2v) is 4.32. The van der Waals surface area contributed by atoms with Crippen LogP contribution in [0.1, 0.15) is 27.0 Å². The van der Waals surface area contributed by atoms with Gasteiger partial charge in [-0.05, 0) is 42.8 Å². The number of carboxylic acid groups (broad SMARTS) is 1. The Balaban J connectivity index is 2.43. The van der Waals surface area contributed by atoms with Crippen LogP contribution in [0.15, 0.2) is 36.4 Å². The van der Waals surface area contributed by atoms with Crippen molar-refractivity contribution < 1.29 is 14.6 Å². The van der Waals surface area contributed by atoms with Crippen LogP contribution in [0.5, 0.6) is 11.5 Å². The molecule has 0 saturated heterocycles. The van der Waals surface area contributed by atoms with E-state index in [-0.39, 0.29) is 16.9 Å². The monoisotopic (exact) mass is 278 g/mol. The minimum atomic E-state index is -1.11. The zero-order valence-corrected chi connectivity index (χ0v) is 11.1. The number of carbonyl (C=O) groups is 1. The normalized spacial score (nSPS) is 9.48. The van der Waals surface area contributed by atoms with Crippen LogP contribution in [0.3, 0.4) is 0 Å². The van der Waals surface area contributed by atoms with E-state index in [1.807, 2.05) is 19.1 Å². The van der Waals surface area contributed by atoms with E-state index >= 15 is 0 Å². The number of nitrogens with zero attached hydrogens (tertiary/aromatic N) is 2. The van der Waals surface area contributed by atoms with Gasteiger partial charge >= 0.3 is 5.97 Å². The third-order valence-corrected chi connectivity index (χ3v) is 2.88. The molecule has 21 heavy (non-hydrogen) atoms. The second-order valence-electron chi connectivity index (χ2n) is 4.32. The van der Waals surface area contributed by atoms with E-state index in [1.54, 1.807) is 18.2 Å². The summed E-state index contributed by atoms with van der Waals surface area (Å²) in [6.45, 7) is 1.81. The van der Waals surface area contributed by atoms with Crippen molar-refractivity contribution in [1.29, 1.82) is 10.5 Å². The first-order valence-corrected chi connectivity index (χ1v) is 6.01. The molecule has 0 radical (unpaired) electrons. The molecule has 0 aliphatic rings. The topological polar surface area (TPSA) is 94.1 Å². The lowest BCUT2D eigenvalue weighted by atomic mass is 10.1. The van der Waals surface area contributed by atoms with Gasteiger partial charge in [0.25, 0.3) is 0 Å². The predicted molar refractivity (Wildman–Crippen MR) is 74.1 cm³/mol. The van der Waals surface area contributed by atoms with Gasteiger partial charge in [-0.1, -0.05) is 6.07 Å². The molecule has 5 heteroatoms. The zero-order chi connectivity index (χ0) is 15.4. The molecule has 0 spiro atoms. The highest BCUT2D eigenvalue weighted by Gasteiger charge is 2.11. The molecule has 0 aromatic heterocycles. The van der Waals surface area contributed by atoms with Crippen molar-refractivity contribution in [2.24, 2.45) is 0 Å². The smallest absolute Gasteiger partial charge is 0.335 e. The quantitative estimate of drug-likeness (QED) is 0.930. The first-order valence-electron chi connectivity index (χ1n) is 6.01. The molecule has 2 rings (SSSR count). The van der Waals surface area contributed by atoms with Gasteiger partial charge in [0.15, 0.2) is 0 Å². The first-order chi connectivity index (χ1) is 10.0. The molecule has 0 bridgehead atoms. The van der Waals surface area contributed by atoms with Crippen molar-refractivity contribution in [3.8, 4) is 23.6 Å². The second kappa shape index (κ2) is 5.77. The lowest BCUT2D eigenvalue weighted by molar-refractivity contribution is 0.0697. The molecule has 0 aliphatic heterocycles. The maximum atomic E-state index is 10.9. The van der Waals surface area contributed by atoms with Gasteiger partial charge in [0.1, 0.15) is 17.6 Å². The SMILES string of the molecule is Cc1ccc(C#N)cc1Oc1ccc(C(=O)O)cc1C#N. The Morgan fingerprint density at radius 1 is 1.10 bits per heavy atom. The molecular formula is C16H10N2O3. The summed E-state index contributed by atoms with van der Waals surface area (Å²) in [6.07, 6.45) is 0. The fraction of sp³-hybridized carbons (Fsp3) is 0.0625. The van der Waals surface area contributed by atoms with Gasteiger partial charge in [0.2, 0.25) is 0 Å². The van der Waals surface area contributed by atoms with Crippen molar-refractivity contribution in [3.63, 3.8) is 0 Å². The number of benzene rings is 2. The molecule has 0 aliphatic carbocycles. The Morgan fingerprint density at radius 3 is 2.48 bits per heavy atom. The van der Waals surface area contributed by atoms with Gasteiger partial charge in [-0.15, -0.1) is 0 Å². The molecule has 0 heterocycles. The Hall–Kier alpha value is -3.31. The Bertz CT molecular complexity index is 798. The summed E-state index contributed by atoms with van der Waals surface area (Å²) in [5.74, 6) is -0.407. The zero-order valence-electron chi connectivity index (χ0n) is 11.1. The van der Waals surface area contributed by atoms with Crippen LogP contribution < -0.4 is 4.74 Å². The van der Waals surface area contributed by atoms with Gasteiger partial charge in [0.05, 0.1) is 22.8 Å². The average Bonchev–Trinajstić information content (AvgIpc) is 2.49. The highest BCUT2D eigenvalue weighted by molar-refractivity contribution is 5.88. The van der Waals surface area contributed by atoms with Crippen molar-refractivity contribution in [2.75, 3.05) is 0 Å². The highest BCUT2D eigenvalue weighted by Crippen LogP contribution is 2.29. The van der Waals surface area contributed by atoms with Crippen molar-refractivity contribution in [3.05, 3.63) is 58.7 Å². The van der Waals surface area contributed by atoms with Gasteiger partial charge < -0.3 is 9.84 Å². The number of nitriles is 2. The molecule has 0 fully saturated rings. The van der Waals surface area contributed by atoms with Crippen LogP contribution in [0.25, 0.3) is 0 Å². The van der Waals surface area contributed by atoms with Crippen molar-refractivity contribution >= 4 is 5.97 Å². The largest absolute Gasteiger partial charge is 0.478 e. The Labute approximate surface area is 121 Å². The van der Waals surface area contributed by atoms with Crippen LogP contribution in [0, 0.1) is 29.6 Å². The van der Waals surface area contributed by atoms with E-state index in [0.29, 0.717) is 11.3 Å². The molecule has 0 unspecified atom stereocenters. The van der Waals surface area contributed by atoms with Crippen LogP contribution in [0.2, 0.25) is 0 Å². The fourth-order valence-corrected chi connectivity index (χ4v) is 1.74. The van der Waals surface area contributed by atoms with Gasteiger partial charge in [-0.2, -0.15) is 10.5 Å². The summed E-state index contributed by atoms with van der Waals surface area (Å²) in [7, 11) is 0. The van der Waals surface area contributed by atoms with Crippen molar-refractivity contribution in [2.45, 2.75) is 6.92 Å². The van der Waals surface area contributed by atoms with E-state index in [9.17, 15) is 4.79 Å². The molecule has 0 amide bonds. The van der Waals surface area contributed by atoms with Crippen LogP contribution in [-0.2, 0) is 0 Å². The maximum absolute atomic E-state index is 10.9.